The maximum atomic E-state index is 12.3. The van der Waals surface area contributed by atoms with Gasteiger partial charge < -0.3 is 15.0 Å². The standard InChI is InChI=1S/C17H17N5O2/c18-15-14-16(20-9-19-15)22(10-21-14)12-7-4-8-13(12)24-17(23)11-5-2-1-3-6-11/h1-3,5-6,9-10,12-13H,4,7-8H2,(H2,18,19,20)/t12-,13+/m1/s1. The van der Waals surface area contributed by atoms with E-state index >= 15 is 0 Å². The zero-order chi connectivity index (χ0) is 16.5. The normalized spacial score (nSPS) is 20.3. The number of fused-ring (bicyclic) bond motifs is 1. The molecule has 0 radical (unpaired) electrons. The fourth-order valence-electron chi connectivity index (χ4n) is 3.25. The van der Waals surface area contributed by atoms with E-state index in [9.17, 15) is 4.79 Å². The zero-order valence-electron chi connectivity index (χ0n) is 13.0. The summed E-state index contributed by atoms with van der Waals surface area (Å²) in [6, 6.07) is 9.05. The molecular formula is C17H17N5O2. The molecule has 0 spiro atoms. The number of nitrogens with zero attached hydrogens (tertiary/aromatic N) is 4. The number of anilines is 1. The van der Waals surface area contributed by atoms with Crippen LogP contribution in [0.4, 0.5) is 5.82 Å². The number of carbonyl (C=O) groups is 1. The lowest BCUT2D eigenvalue weighted by atomic mass is 10.2. The van der Waals surface area contributed by atoms with Crippen LogP contribution in [-0.4, -0.2) is 31.6 Å². The van der Waals surface area contributed by atoms with Crippen molar-refractivity contribution in [1.29, 1.82) is 0 Å². The van der Waals surface area contributed by atoms with E-state index in [1.807, 2.05) is 22.8 Å². The van der Waals surface area contributed by atoms with E-state index in [1.54, 1.807) is 18.5 Å². The summed E-state index contributed by atoms with van der Waals surface area (Å²) < 4.78 is 7.70. The summed E-state index contributed by atoms with van der Waals surface area (Å²) in [7, 11) is 0. The van der Waals surface area contributed by atoms with Crippen molar-refractivity contribution in [2.75, 3.05) is 5.73 Å². The minimum Gasteiger partial charge on any atom is -0.457 e. The molecule has 7 heteroatoms. The maximum absolute atomic E-state index is 12.3. The number of hydrogen-bond acceptors (Lipinski definition) is 6. The highest BCUT2D eigenvalue weighted by molar-refractivity contribution is 5.89. The van der Waals surface area contributed by atoms with Gasteiger partial charge in [0.1, 0.15) is 17.9 Å². The summed E-state index contributed by atoms with van der Waals surface area (Å²) in [5, 5.41) is 0. The van der Waals surface area contributed by atoms with E-state index in [0.717, 1.165) is 19.3 Å². The topological polar surface area (TPSA) is 95.9 Å². The number of carbonyl (C=O) groups excluding carboxylic acids is 1. The third-order valence-electron chi connectivity index (χ3n) is 4.43. The summed E-state index contributed by atoms with van der Waals surface area (Å²) in [6.07, 6.45) is 5.64. The van der Waals surface area contributed by atoms with Crippen LogP contribution in [-0.2, 0) is 4.74 Å². The van der Waals surface area contributed by atoms with Crippen molar-refractivity contribution >= 4 is 23.0 Å². The van der Waals surface area contributed by atoms with Crippen LogP contribution in [0.1, 0.15) is 35.7 Å². The van der Waals surface area contributed by atoms with Gasteiger partial charge in [0.05, 0.1) is 17.9 Å². The zero-order valence-corrected chi connectivity index (χ0v) is 13.0. The minimum absolute atomic E-state index is 0.0111. The highest BCUT2D eigenvalue weighted by atomic mass is 16.5. The molecule has 4 rings (SSSR count). The smallest absolute Gasteiger partial charge is 0.338 e. The average molecular weight is 323 g/mol. The molecule has 24 heavy (non-hydrogen) atoms. The number of nitrogens with two attached hydrogens (primary N) is 1. The molecule has 1 saturated carbocycles. The van der Waals surface area contributed by atoms with Crippen molar-refractivity contribution in [1.82, 2.24) is 19.5 Å². The number of rotatable bonds is 3. The Morgan fingerprint density at radius 1 is 1.17 bits per heavy atom. The second kappa shape index (κ2) is 5.92. The van der Waals surface area contributed by atoms with Crippen LogP contribution < -0.4 is 5.73 Å². The summed E-state index contributed by atoms with van der Waals surface area (Å²) in [5.41, 5.74) is 7.66. The Balaban J connectivity index is 1.61. The SMILES string of the molecule is Nc1ncnc2c1ncn2[C@@H]1CCC[C@@H]1OC(=O)c1ccccc1. The van der Waals surface area contributed by atoms with Crippen LogP contribution in [0.2, 0.25) is 0 Å². The van der Waals surface area contributed by atoms with Gasteiger partial charge in [-0.15, -0.1) is 0 Å². The van der Waals surface area contributed by atoms with Gasteiger partial charge in [-0.05, 0) is 31.4 Å². The fourth-order valence-corrected chi connectivity index (χ4v) is 3.25. The molecule has 2 heterocycles. The molecule has 7 nitrogen and oxygen atoms in total. The molecule has 2 N–H and O–H groups in total. The van der Waals surface area contributed by atoms with Crippen molar-refractivity contribution < 1.29 is 9.53 Å². The quantitative estimate of drug-likeness (QED) is 0.743. The first kappa shape index (κ1) is 14.6. The summed E-state index contributed by atoms with van der Waals surface area (Å²) in [6.45, 7) is 0. The molecule has 1 fully saturated rings. The Morgan fingerprint density at radius 3 is 2.83 bits per heavy atom. The van der Waals surface area contributed by atoms with E-state index in [1.165, 1.54) is 6.33 Å². The Kier molecular flexibility index (Phi) is 3.60. The van der Waals surface area contributed by atoms with Crippen LogP contribution in [0.15, 0.2) is 43.0 Å². The highest BCUT2D eigenvalue weighted by Gasteiger charge is 2.33. The Labute approximate surface area is 138 Å². The van der Waals surface area contributed by atoms with Gasteiger partial charge in [-0.1, -0.05) is 18.2 Å². The first-order valence-electron chi connectivity index (χ1n) is 7.93. The van der Waals surface area contributed by atoms with Crippen molar-refractivity contribution in [3.63, 3.8) is 0 Å². The van der Waals surface area contributed by atoms with Crippen molar-refractivity contribution in [2.45, 2.75) is 31.4 Å². The number of benzene rings is 1. The summed E-state index contributed by atoms with van der Waals surface area (Å²) in [5.74, 6) is 0.0561. The largest absolute Gasteiger partial charge is 0.457 e. The third kappa shape index (κ3) is 2.47. The third-order valence-corrected chi connectivity index (χ3v) is 4.43. The first-order chi connectivity index (χ1) is 11.7. The summed E-state index contributed by atoms with van der Waals surface area (Å²) in [4.78, 5) is 24.9. The molecule has 1 aliphatic carbocycles. The van der Waals surface area contributed by atoms with Crippen LogP contribution in [0, 0.1) is 0 Å². The lowest BCUT2D eigenvalue weighted by molar-refractivity contribution is 0.0225. The molecule has 0 bridgehead atoms. The average Bonchev–Trinajstić information content (AvgIpc) is 3.23. The Morgan fingerprint density at radius 2 is 2.00 bits per heavy atom. The molecule has 0 saturated heterocycles. The van der Waals surface area contributed by atoms with Crippen molar-refractivity contribution in [3.05, 3.63) is 48.5 Å². The Bertz CT molecular complexity index is 877. The van der Waals surface area contributed by atoms with Gasteiger partial charge in [0.15, 0.2) is 11.5 Å². The molecule has 0 aliphatic heterocycles. The van der Waals surface area contributed by atoms with Gasteiger partial charge in [-0.25, -0.2) is 19.7 Å². The van der Waals surface area contributed by atoms with Gasteiger partial charge in [0.2, 0.25) is 0 Å². The molecule has 2 aromatic heterocycles. The van der Waals surface area contributed by atoms with Crippen molar-refractivity contribution in [2.24, 2.45) is 0 Å². The van der Waals surface area contributed by atoms with E-state index in [2.05, 4.69) is 15.0 Å². The second-order valence-electron chi connectivity index (χ2n) is 5.89. The van der Waals surface area contributed by atoms with Crippen LogP contribution in [0.25, 0.3) is 11.2 Å². The number of hydrogen-bond donors (Lipinski definition) is 1. The monoisotopic (exact) mass is 323 g/mol. The Hall–Kier alpha value is -2.96. The molecule has 1 aliphatic rings. The van der Waals surface area contributed by atoms with Crippen LogP contribution in [0.5, 0.6) is 0 Å². The predicted molar refractivity (Wildman–Crippen MR) is 88.3 cm³/mol. The highest BCUT2D eigenvalue weighted by Crippen LogP contribution is 2.35. The number of aromatic nitrogens is 4. The van der Waals surface area contributed by atoms with Gasteiger partial charge >= 0.3 is 5.97 Å². The molecule has 122 valence electrons. The molecule has 2 atom stereocenters. The predicted octanol–water partition coefficient (Wildman–Crippen LogP) is 2.36. The molecule has 0 amide bonds. The lowest BCUT2D eigenvalue weighted by Gasteiger charge is -2.21. The molecule has 3 aromatic rings. The number of ether oxygens (including phenoxy) is 1. The van der Waals surface area contributed by atoms with E-state index in [0.29, 0.717) is 22.5 Å². The first-order valence-corrected chi connectivity index (χ1v) is 7.93. The molecule has 0 unspecified atom stereocenters. The van der Waals surface area contributed by atoms with Gasteiger partial charge in [-0.2, -0.15) is 0 Å². The van der Waals surface area contributed by atoms with Gasteiger partial charge in [0, 0.05) is 0 Å². The number of esters is 1. The number of nitrogen functional groups attached to an aromatic ring is 1. The fraction of sp³-hybridized carbons (Fsp3) is 0.294. The maximum Gasteiger partial charge on any atom is 0.338 e. The van der Waals surface area contributed by atoms with Crippen LogP contribution in [0.3, 0.4) is 0 Å². The molecular weight excluding hydrogens is 306 g/mol. The minimum atomic E-state index is -0.300. The number of imidazole rings is 1. The van der Waals surface area contributed by atoms with Gasteiger partial charge in [0.25, 0.3) is 0 Å². The van der Waals surface area contributed by atoms with E-state index < -0.39 is 0 Å². The van der Waals surface area contributed by atoms with E-state index in [-0.39, 0.29) is 18.1 Å². The lowest BCUT2D eigenvalue weighted by Crippen LogP contribution is -2.25. The van der Waals surface area contributed by atoms with E-state index in [4.69, 9.17) is 10.5 Å². The van der Waals surface area contributed by atoms with Gasteiger partial charge in [-0.3, -0.25) is 0 Å². The summed E-state index contributed by atoms with van der Waals surface area (Å²) >= 11 is 0. The second-order valence-corrected chi connectivity index (χ2v) is 5.89. The molecule has 1 aromatic carbocycles. The van der Waals surface area contributed by atoms with Crippen LogP contribution >= 0.6 is 0 Å². The van der Waals surface area contributed by atoms with Crippen molar-refractivity contribution in [3.8, 4) is 0 Å².